The van der Waals surface area contributed by atoms with Gasteiger partial charge in [-0.25, -0.2) is 0 Å². The number of rotatable bonds is 6. The zero-order valence-electron chi connectivity index (χ0n) is 12.2. The Bertz CT molecular complexity index is 358. The fraction of sp³-hybridized carbons (Fsp3) is 0.625. The van der Waals surface area contributed by atoms with Crippen molar-refractivity contribution < 1.29 is 4.74 Å². The predicted molar refractivity (Wildman–Crippen MR) is 80.7 cm³/mol. The lowest BCUT2D eigenvalue weighted by molar-refractivity contribution is 0.117. The van der Waals surface area contributed by atoms with Crippen molar-refractivity contribution in [1.29, 1.82) is 0 Å². The van der Waals surface area contributed by atoms with Crippen molar-refractivity contribution in [3.63, 3.8) is 0 Å². The fourth-order valence-corrected chi connectivity index (χ4v) is 2.48. The molecule has 1 aromatic rings. The van der Waals surface area contributed by atoms with Crippen LogP contribution in [0.1, 0.15) is 31.7 Å². The highest BCUT2D eigenvalue weighted by molar-refractivity contribution is 5.47. The van der Waals surface area contributed by atoms with Crippen LogP contribution in [0.25, 0.3) is 0 Å². The summed E-state index contributed by atoms with van der Waals surface area (Å²) in [5.41, 5.74) is 2.71. The summed E-state index contributed by atoms with van der Waals surface area (Å²) in [5, 5.41) is 3.41. The first-order valence-electron chi connectivity index (χ1n) is 7.37. The van der Waals surface area contributed by atoms with E-state index in [4.69, 9.17) is 4.74 Å². The third-order valence-electron chi connectivity index (χ3n) is 3.82. The van der Waals surface area contributed by atoms with Crippen LogP contribution in [0.5, 0.6) is 0 Å². The van der Waals surface area contributed by atoms with E-state index in [1.807, 2.05) is 0 Å². The molecule has 1 heterocycles. The lowest BCUT2D eigenvalue weighted by Crippen LogP contribution is -2.29. The minimum Gasteiger partial charge on any atom is -0.380 e. The van der Waals surface area contributed by atoms with E-state index in [-0.39, 0.29) is 6.10 Å². The van der Waals surface area contributed by atoms with Gasteiger partial charge in [-0.2, -0.15) is 0 Å². The van der Waals surface area contributed by atoms with Crippen LogP contribution >= 0.6 is 0 Å². The van der Waals surface area contributed by atoms with E-state index >= 15 is 0 Å². The summed E-state index contributed by atoms with van der Waals surface area (Å²) in [6.45, 7) is 6.30. The maximum atomic E-state index is 5.22. The summed E-state index contributed by atoms with van der Waals surface area (Å²) >= 11 is 0. The highest BCUT2D eigenvalue weighted by atomic mass is 16.5. The molecule has 1 N–H and O–H groups in total. The van der Waals surface area contributed by atoms with E-state index < -0.39 is 0 Å². The summed E-state index contributed by atoms with van der Waals surface area (Å²) in [6.07, 6.45) is 4.32. The number of hydrogen-bond donors (Lipinski definition) is 1. The molecule has 1 aromatic carbocycles. The molecule has 0 radical (unpaired) electrons. The molecule has 1 aliphatic rings. The van der Waals surface area contributed by atoms with Crippen molar-refractivity contribution in [3.8, 4) is 0 Å². The maximum Gasteiger partial charge on any atom is 0.0667 e. The minimum absolute atomic E-state index is 0.271. The molecular formula is C16H26N2O. The standard InChI is InChI=1S/C16H26N2O/c1-14(19-2)12-17-13-15-6-8-16(9-7-15)18-10-4-3-5-11-18/h6-9,14,17H,3-5,10-13H2,1-2H3. The Morgan fingerprint density at radius 1 is 1.16 bits per heavy atom. The quantitative estimate of drug-likeness (QED) is 0.853. The second-order valence-corrected chi connectivity index (χ2v) is 5.39. The van der Waals surface area contributed by atoms with Crippen LogP contribution in [0.4, 0.5) is 5.69 Å². The lowest BCUT2D eigenvalue weighted by Gasteiger charge is -2.28. The fourth-order valence-electron chi connectivity index (χ4n) is 2.48. The molecule has 1 fully saturated rings. The Labute approximate surface area is 116 Å². The lowest BCUT2D eigenvalue weighted by atomic mass is 10.1. The second kappa shape index (κ2) is 7.51. The average molecular weight is 262 g/mol. The molecule has 0 amide bonds. The number of nitrogens with one attached hydrogen (secondary N) is 1. The molecule has 2 rings (SSSR count). The van der Waals surface area contributed by atoms with Gasteiger partial charge in [0.2, 0.25) is 0 Å². The van der Waals surface area contributed by atoms with Gasteiger partial charge in [0.05, 0.1) is 6.10 Å². The molecule has 3 heteroatoms. The zero-order chi connectivity index (χ0) is 13.5. The van der Waals surface area contributed by atoms with Crippen molar-refractivity contribution in [3.05, 3.63) is 29.8 Å². The first-order chi connectivity index (χ1) is 9.29. The molecule has 0 saturated carbocycles. The van der Waals surface area contributed by atoms with Crippen LogP contribution in [0.2, 0.25) is 0 Å². The molecular weight excluding hydrogens is 236 g/mol. The molecule has 19 heavy (non-hydrogen) atoms. The first kappa shape index (κ1) is 14.4. The number of anilines is 1. The van der Waals surface area contributed by atoms with E-state index in [0.29, 0.717) is 0 Å². The zero-order valence-corrected chi connectivity index (χ0v) is 12.2. The molecule has 1 saturated heterocycles. The highest BCUT2D eigenvalue weighted by Crippen LogP contribution is 2.20. The van der Waals surface area contributed by atoms with Gasteiger partial charge in [0.25, 0.3) is 0 Å². The van der Waals surface area contributed by atoms with Gasteiger partial charge in [-0.05, 0) is 43.9 Å². The number of methoxy groups -OCH3 is 1. The molecule has 106 valence electrons. The third kappa shape index (κ3) is 4.51. The van der Waals surface area contributed by atoms with Crippen LogP contribution in [0.15, 0.2) is 24.3 Å². The van der Waals surface area contributed by atoms with Crippen molar-refractivity contribution in [2.24, 2.45) is 0 Å². The molecule has 3 nitrogen and oxygen atoms in total. The van der Waals surface area contributed by atoms with Crippen LogP contribution in [0, 0.1) is 0 Å². The molecule has 1 aliphatic heterocycles. The SMILES string of the molecule is COC(C)CNCc1ccc(N2CCCCC2)cc1. The summed E-state index contributed by atoms with van der Waals surface area (Å²) in [6, 6.07) is 8.97. The molecule has 0 bridgehead atoms. The molecule has 1 unspecified atom stereocenters. The van der Waals surface area contributed by atoms with E-state index in [1.165, 1.54) is 43.6 Å². The van der Waals surface area contributed by atoms with Crippen molar-refractivity contribution in [2.45, 2.75) is 38.8 Å². The predicted octanol–water partition coefficient (Wildman–Crippen LogP) is 2.80. The largest absolute Gasteiger partial charge is 0.380 e. The number of piperidine rings is 1. The van der Waals surface area contributed by atoms with Gasteiger partial charge in [-0.3, -0.25) is 0 Å². The monoisotopic (exact) mass is 262 g/mol. The van der Waals surface area contributed by atoms with E-state index in [9.17, 15) is 0 Å². The number of hydrogen-bond acceptors (Lipinski definition) is 3. The number of ether oxygens (including phenoxy) is 1. The topological polar surface area (TPSA) is 24.5 Å². The Hall–Kier alpha value is -1.06. The summed E-state index contributed by atoms with van der Waals surface area (Å²) in [7, 11) is 1.75. The van der Waals surface area contributed by atoms with Crippen LogP contribution in [-0.4, -0.2) is 32.8 Å². The Morgan fingerprint density at radius 2 is 1.84 bits per heavy atom. The number of benzene rings is 1. The summed E-state index contributed by atoms with van der Waals surface area (Å²) in [5.74, 6) is 0. The highest BCUT2D eigenvalue weighted by Gasteiger charge is 2.10. The molecule has 0 spiro atoms. The van der Waals surface area contributed by atoms with Gasteiger partial charge in [-0.1, -0.05) is 12.1 Å². The normalized spacial score (nSPS) is 17.5. The molecule has 1 atom stereocenters. The average Bonchev–Trinajstić information content (AvgIpc) is 2.48. The summed E-state index contributed by atoms with van der Waals surface area (Å²) in [4.78, 5) is 2.49. The van der Waals surface area contributed by atoms with Crippen molar-refractivity contribution in [2.75, 3.05) is 31.6 Å². The smallest absolute Gasteiger partial charge is 0.0667 e. The van der Waals surface area contributed by atoms with Crippen LogP contribution in [0.3, 0.4) is 0 Å². The second-order valence-electron chi connectivity index (χ2n) is 5.39. The molecule has 0 aromatic heterocycles. The van der Waals surface area contributed by atoms with Crippen molar-refractivity contribution in [1.82, 2.24) is 5.32 Å². The van der Waals surface area contributed by atoms with Crippen LogP contribution in [-0.2, 0) is 11.3 Å². The van der Waals surface area contributed by atoms with Gasteiger partial charge in [0, 0.05) is 39.0 Å². The van der Waals surface area contributed by atoms with Crippen LogP contribution < -0.4 is 10.2 Å². The molecule has 0 aliphatic carbocycles. The Kier molecular flexibility index (Phi) is 5.67. The number of nitrogens with zero attached hydrogens (tertiary/aromatic N) is 1. The van der Waals surface area contributed by atoms with Gasteiger partial charge < -0.3 is 15.0 Å². The van der Waals surface area contributed by atoms with Gasteiger partial charge in [-0.15, -0.1) is 0 Å². The van der Waals surface area contributed by atoms with E-state index in [2.05, 4.69) is 41.4 Å². The Balaban J connectivity index is 1.80. The Morgan fingerprint density at radius 3 is 2.47 bits per heavy atom. The van der Waals surface area contributed by atoms with Crippen molar-refractivity contribution >= 4 is 5.69 Å². The van der Waals surface area contributed by atoms with Gasteiger partial charge >= 0.3 is 0 Å². The first-order valence-corrected chi connectivity index (χ1v) is 7.37. The summed E-state index contributed by atoms with van der Waals surface area (Å²) < 4.78 is 5.22. The maximum absolute atomic E-state index is 5.22. The third-order valence-corrected chi connectivity index (χ3v) is 3.82. The minimum atomic E-state index is 0.271. The van der Waals surface area contributed by atoms with Gasteiger partial charge in [0.15, 0.2) is 0 Å². The van der Waals surface area contributed by atoms with E-state index in [0.717, 1.165) is 13.1 Å². The van der Waals surface area contributed by atoms with Gasteiger partial charge in [0.1, 0.15) is 0 Å². The van der Waals surface area contributed by atoms with E-state index in [1.54, 1.807) is 7.11 Å².